The van der Waals surface area contributed by atoms with Crippen LogP contribution in [0, 0.1) is 0 Å². The maximum absolute atomic E-state index is 5.32. The van der Waals surface area contributed by atoms with Gasteiger partial charge in [0.15, 0.2) is 0 Å². The van der Waals surface area contributed by atoms with Crippen LogP contribution in [0.25, 0.3) is 0 Å². The fourth-order valence-corrected chi connectivity index (χ4v) is 1.59. The third-order valence-corrected chi connectivity index (χ3v) is 2.48. The Morgan fingerprint density at radius 3 is 2.44 bits per heavy atom. The van der Waals surface area contributed by atoms with Crippen molar-refractivity contribution in [2.75, 3.05) is 17.3 Å². The molecule has 0 saturated heterocycles. The fraction of sp³-hybridized carbons (Fsp3) is 0.727. The third kappa shape index (κ3) is 4.33. The molecule has 0 amide bonds. The zero-order chi connectivity index (χ0) is 13.4. The van der Waals surface area contributed by atoms with Gasteiger partial charge in [0.2, 0.25) is 11.9 Å². The van der Waals surface area contributed by atoms with E-state index in [0.29, 0.717) is 24.5 Å². The van der Waals surface area contributed by atoms with E-state index in [-0.39, 0.29) is 6.01 Å². The van der Waals surface area contributed by atoms with Crippen LogP contribution in [0.15, 0.2) is 0 Å². The molecule has 0 fully saturated rings. The molecule has 7 nitrogen and oxygen atoms in total. The SMILES string of the molecule is CCCC(CC)Nc1nc(NN)nc(OCC)n1. The van der Waals surface area contributed by atoms with Crippen molar-refractivity contribution in [3.63, 3.8) is 0 Å². The van der Waals surface area contributed by atoms with Crippen molar-refractivity contribution < 1.29 is 4.74 Å². The summed E-state index contributed by atoms with van der Waals surface area (Å²) in [5.74, 6) is 6.10. The van der Waals surface area contributed by atoms with Gasteiger partial charge < -0.3 is 10.1 Å². The first-order chi connectivity index (χ1) is 8.73. The number of aromatic nitrogens is 3. The molecule has 0 aliphatic heterocycles. The van der Waals surface area contributed by atoms with Gasteiger partial charge in [0.25, 0.3) is 0 Å². The van der Waals surface area contributed by atoms with Crippen molar-refractivity contribution in [2.45, 2.75) is 46.1 Å². The molecule has 0 bridgehead atoms. The summed E-state index contributed by atoms with van der Waals surface area (Å²) < 4.78 is 5.27. The molecule has 0 aromatic carbocycles. The van der Waals surface area contributed by atoms with Gasteiger partial charge in [-0.25, -0.2) is 5.84 Å². The minimum Gasteiger partial charge on any atom is -0.464 e. The normalized spacial score (nSPS) is 12.0. The molecule has 102 valence electrons. The summed E-state index contributed by atoms with van der Waals surface area (Å²) in [4.78, 5) is 12.3. The number of rotatable bonds is 8. The van der Waals surface area contributed by atoms with Gasteiger partial charge in [-0.2, -0.15) is 15.0 Å². The molecule has 1 unspecified atom stereocenters. The largest absolute Gasteiger partial charge is 0.464 e. The first-order valence-electron chi connectivity index (χ1n) is 6.35. The molecule has 7 heteroatoms. The predicted octanol–water partition coefficient (Wildman–Crippen LogP) is 1.55. The molecule has 0 saturated carbocycles. The molecule has 1 aromatic heterocycles. The first-order valence-corrected chi connectivity index (χ1v) is 6.35. The van der Waals surface area contributed by atoms with Gasteiger partial charge >= 0.3 is 6.01 Å². The molecule has 1 rings (SSSR count). The molecule has 0 aliphatic rings. The van der Waals surface area contributed by atoms with Crippen LogP contribution in [0.5, 0.6) is 6.01 Å². The second-order valence-electron chi connectivity index (χ2n) is 3.88. The van der Waals surface area contributed by atoms with E-state index in [0.717, 1.165) is 19.3 Å². The average Bonchev–Trinajstić information content (AvgIpc) is 2.38. The lowest BCUT2D eigenvalue weighted by atomic mass is 10.1. The first kappa shape index (κ1) is 14.4. The second-order valence-corrected chi connectivity index (χ2v) is 3.88. The summed E-state index contributed by atoms with van der Waals surface area (Å²) in [5, 5.41) is 3.27. The number of nitrogen functional groups attached to an aromatic ring is 1. The van der Waals surface area contributed by atoms with Gasteiger partial charge in [-0.15, -0.1) is 0 Å². The molecular weight excluding hydrogens is 232 g/mol. The van der Waals surface area contributed by atoms with Crippen LogP contribution < -0.4 is 21.3 Å². The van der Waals surface area contributed by atoms with Crippen molar-refractivity contribution in [3.8, 4) is 6.01 Å². The lowest BCUT2D eigenvalue weighted by molar-refractivity contribution is 0.312. The minimum atomic E-state index is 0.273. The fourth-order valence-electron chi connectivity index (χ4n) is 1.59. The average molecular weight is 254 g/mol. The number of nitrogens with zero attached hydrogens (tertiary/aromatic N) is 3. The van der Waals surface area contributed by atoms with E-state index in [1.807, 2.05) is 6.92 Å². The van der Waals surface area contributed by atoms with Crippen LogP contribution in [-0.4, -0.2) is 27.6 Å². The Morgan fingerprint density at radius 1 is 1.17 bits per heavy atom. The van der Waals surface area contributed by atoms with Crippen molar-refractivity contribution >= 4 is 11.9 Å². The van der Waals surface area contributed by atoms with E-state index in [9.17, 15) is 0 Å². The molecule has 1 heterocycles. The topological polar surface area (TPSA) is 98.0 Å². The lowest BCUT2D eigenvalue weighted by Gasteiger charge is -2.16. The molecule has 1 atom stereocenters. The van der Waals surface area contributed by atoms with Crippen molar-refractivity contribution in [1.82, 2.24) is 15.0 Å². The molecule has 0 aliphatic carbocycles. The Morgan fingerprint density at radius 2 is 1.89 bits per heavy atom. The van der Waals surface area contributed by atoms with Gasteiger partial charge in [0.1, 0.15) is 0 Å². The maximum atomic E-state index is 5.32. The quantitative estimate of drug-likeness (QED) is 0.478. The Balaban J connectivity index is 2.82. The highest BCUT2D eigenvalue weighted by Crippen LogP contribution is 2.13. The van der Waals surface area contributed by atoms with E-state index >= 15 is 0 Å². The molecule has 0 radical (unpaired) electrons. The highest BCUT2D eigenvalue weighted by molar-refractivity contribution is 5.35. The smallest absolute Gasteiger partial charge is 0.323 e. The van der Waals surface area contributed by atoms with Gasteiger partial charge in [-0.05, 0) is 19.8 Å². The summed E-state index contributed by atoms with van der Waals surface area (Å²) >= 11 is 0. The number of hydrogen-bond acceptors (Lipinski definition) is 7. The van der Waals surface area contributed by atoms with Gasteiger partial charge in [0.05, 0.1) is 6.61 Å². The van der Waals surface area contributed by atoms with Crippen LogP contribution in [0.4, 0.5) is 11.9 Å². The van der Waals surface area contributed by atoms with E-state index in [4.69, 9.17) is 10.6 Å². The van der Waals surface area contributed by atoms with Crippen molar-refractivity contribution in [3.05, 3.63) is 0 Å². The Hall–Kier alpha value is -1.63. The van der Waals surface area contributed by atoms with Crippen molar-refractivity contribution in [1.29, 1.82) is 0 Å². The number of nitrogens with one attached hydrogen (secondary N) is 2. The van der Waals surface area contributed by atoms with Crippen LogP contribution in [0.2, 0.25) is 0 Å². The Labute approximate surface area is 108 Å². The van der Waals surface area contributed by atoms with Crippen LogP contribution in [0.3, 0.4) is 0 Å². The summed E-state index contributed by atoms with van der Waals surface area (Å²) in [6, 6.07) is 0.617. The zero-order valence-corrected chi connectivity index (χ0v) is 11.2. The lowest BCUT2D eigenvalue weighted by Crippen LogP contribution is -2.21. The predicted molar refractivity (Wildman–Crippen MR) is 71.4 cm³/mol. The van der Waals surface area contributed by atoms with Gasteiger partial charge in [-0.3, -0.25) is 5.43 Å². The number of hydrogen-bond donors (Lipinski definition) is 3. The molecular formula is C11H22N6O. The second kappa shape index (κ2) is 7.65. The molecule has 4 N–H and O–H groups in total. The standard InChI is InChI=1S/C11H22N6O/c1-4-7-8(5-2)13-9-14-10(17-12)16-11(15-9)18-6-3/h8H,4-7,12H2,1-3H3,(H2,13,14,15,16,17). The number of anilines is 2. The summed E-state index contributed by atoms with van der Waals surface area (Å²) in [7, 11) is 0. The number of ether oxygens (including phenoxy) is 1. The number of hydrazine groups is 1. The van der Waals surface area contributed by atoms with E-state index in [2.05, 4.69) is 39.5 Å². The number of nitrogens with two attached hydrogens (primary N) is 1. The third-order valence-electron chi connectivity index (χ3n) is 2.48. The van der Waals surface area contributed by atoms with Crippen LogP contribution in [0.1, 0.15) is 40.0 Å². The summed E-state index contributed by atoms with van der Waals surface area (Å²) in [6.07, 6.45) is 3.18. The highest BCUT2D eigenvalue weighted by atomic mass is 16.5. The summed E-state index contributed by atoms with van der Waals surface area (Å²) in [5.41, 5.74) is 2.41. The monoisotopic (exact) mass is 254 g/mol. The van der Waals surface area contributed by atoms with Crippen molar-refractivity contribution in [2.24, 2.45) is 5.84 Å². The molecule has 1 aromatic rings. The zero-order valence-electron chi connectivity index (χ0n) is 11.2. The van der Waals surface area contributed by atoms with Gasteiger partial charge in [-0.1, -0.05) is 20.3 Å². The Bertz CT molecular complexity index is 359. The van der Waals surface area contributed by atoms with Crippen LogP contribution in [-0.2, 0) is 0 Å². The highest BCUT2D eigenvalue weighted by Gasteiger charge is 2.10. The van der Waals surface area contributed by atoms with E-state index < -0.39 is 0 Å². The van der Waals surface area contributed by atoms with E-state index in [1.165, 1.54) is 0 Å². The van der Waals surface area contributed by atoms with E-state index in [1.54, 1.807) is 0 Å². The van der Waals surface area contributed by atoms with Crippen LogP contribution >= 0.6 is 0 Å². The maximum Gasteiger partial charge on any atom is 0.323 e. The Kier molecular flexibility index (Phi) is 6.13. The van der Waals surface area contributed by atoms with Gasteiger partial charge in [0, 0.05) is 6.04 Å². The molecule has 18 heavy (non-hydrogen) atoms. The summed E-state index contributed by atoms with van der Waals surface area (Å²) in [6.45, 7) is 6.65. The minimum absolute atomic E-state index is 0.273. The molecule has 0 spiro atoms.